The lowest BCUT2D eigenvalue weighted by Crippen LogP contribution is -2.32. The second kappa shape index (κ2) is 8.16. The molecule has 0 aliphatic heterocycles. The van der Waals surface area contributed by atoms with Crippen LogP contribution in [0, 0.1) is 6.92 Å². The van der Waals surface area contributed by atoms with E-state index < -0.39 is 9.84 Å². The highest BCUT2D eigenvalue weighted by molar-refractivity contribution is 7.91. The summed E-state index contributed by atoms with van der Waals surface area (Å²) in [5, 5.41) is 0. The van der Waals surface area contributed by atoms with Crippen LogP contribution in [0.5, 0.6) is 5.75 Å². The Bertz CT molecular complexity index is 846. The lowest BCUT2D eigenvalue weighted by Gasteiger charge is -2.19. The van der Waals surface area contributed by atoms with Gasteiger partial charge >= 0.3 is 0 Å². The van der Waals surface area contributed by atoms with Crippen molar-refractivity contribution in [1.82, 2.24) is 4.90 Å². The highest BCUT2D eigenvalue weighted by Crippen LogP contribution is 2.18. The molecule has 0 heterocycles. The molecule has 25 heavy (non-hydrogen) atoms. The minimum atomic E-state index is -3.45. The van der Waals surface area contributed by atoms with Crippen molar-refractivity contribution in [3.63, 3.8) is 0 Å². The van der Waals surface area contributed by atoms with Crippen molar-refractivity contribution in [3.8, 4) is 5.75 Å². The number of hydrogen-bond donors (Lipinski definition) is 0. The van der Waals surface area contributed by atoms with Gasteiger partial charge in [0, 0.05) is 7.05 Å². The summed E-state index contributed by atoms with van der Waals surface area (Å²) in [5.41, 5.74) is 1.29. The minimum absolute atomic E-state index is 0.0442. The molecule has 6 heteroatoms. The minimum Gasteiger partial charge on any atom is -0.492 e. The molecular weight excluding hydrogens is 338 g/mol. The number of carbonyl (C=O) groups is 1. The van der Waals surface area contributed by atoms with E-state index in [0.717, 1.165) is 11.3 Å². The van der Waals surface area contributed by atoms with Crippen LogP contribution in [-0.4, -0.2) is 45.2 Å². The van der Waals surface area contributed by atoms with E-state index >= 15 is 0 Å². The summed E-state index contributed by atoms with van der Waals surface area (Å²) < 4.78 is 30.0. The predicted molar refractivity (Wildman–Crippen MR) is 97.8 cm³/mol. The number of rotatable bonds is 7. The molecule has 0 radical (unpaired) electrons. The third-order valence-corrected chi connectivity index (χ3v) is 5.65. The summed E-state index contributed by atoms with van der Waals surface area (Å²) in [6.07, 6.45) is 0. The summed E-state index contributed by atoms with van der Waals surface area (Å²) in [6.45, 7) is 4.23. The molecule has 1 amide bonds. The third-order valence-electron chi connectivity index (χ3n) is 3.86. The van der Waals surface area contributed by atoms with Gasteiger partial charge in [-0.2, -0.15) is 0 Å². The molecule has 134 valence electrons. The van der Waals surface area contributed by atoms with E-state index in [0.29, 0.717) is 13.2 Å². The first kappa shape index (κ1) is 19.0. The SMILES string of the molecule is CCS(=O)(=O)c1ccccc1C(=O)N(C)CCOc1cccc(C)c1. The maximum Gasteiger partial charge on any atom is 0.255 e. The van der Waals surface area contributed by atoms with Gasteiger partial charge in [-0.1, -0.05) is 31.2 Å². The van der Waals surface area contributed by atoms with E-state index in [4.69, 9.17) is 4.74 Å². The molecule has 2 rings (SSSR count). The van der Waals surface area contributed by atoms with Crippen molar-refractivity contribution < 1.29 is 17.9 Å². The normalized spacial score (nSPS) is 11.2. The topological polar surface area (TPSA) is 63.7 Å². The van der Waals surface area contributed by atoms with Gasteiger partial charge in [0.15, 0.2) is 9.84 Å². The van der Waals surface area contributed by atoms with E-state index in [9.17, 15) is 13.2 Å². The van der Waals surface area contributed by atoms with Crippen molar-refractivity contribution in [2.75, 3.05) is 26.0 Å². The van der Waals surface area contributed by atoms with Gasteiger partial charge in [-0.3, -0.25) is 4.79 Å². The number of hydrogen-bond acceptors (Lipinski definition) is 4. The Morgan fingerprint density at radius 3 is 2.52 bits per heavy atom. The summed E-state index contributed by atoms with van der Waals surface area (Å²) in [5.74, 6) is 0.368. The Labute approximate surface area is 149 Å². The molecule has 0 N–H and O–H groups in total. The fourth-order valence-electron chi connectivity index (χ4n) is 2.38. The van der Waals surface area contributed by atoms with Crippen molar-refractivity contribution >= 4 is 15.7 Å². The molecule has 0 aromatic heterocycles. The van der Waals surface area contributed by atoms with Crippen LogP contribution in [0.2, 0.25) is 0 Å². The molecule has 0 spiro atoms. The first-order valence-corrected chi connectivity index (χ1v) is 9.77. The van der Waals surface area contributed by atoms with Crippen LogP contribution in [-0.2, 0) is 9.84 Å². The zero-order valence-electron chi connectivity index (χ0n) is 14.7. The average molecular weight is 361 g/mol. The van der Waals surface area contributed by atoms with Crippen molar-refractivity contribution in [3.05, 3.63) is 59.7 Å². The predicted octanol–water partition coefficient (Wildman–Crippen LogP) is 2.94. The number of aryl methyl sites for hydroxylation is 1. The van der Waals surface area contributed by atoms with Gasteiger partial charge in [0.25, 0.3) is 5.91 Å². The fourth-order valence-corrected chi connectivity index (χ4v) is 3.47. The first-order valence-electron chi connectivity index (χ1n) is 8.12. The number of sulfone groups is 1. The van der Waals surface area contributed by atoms with Gasteiger partial charge in [0.05, 0.1) is 22.8 Å². The van der Waals surface area contributed by atoms with Gasteiger partial charge in [0.1, 0.15) is 12.4 Å². The summed E-state index contributed by atoms with van der Waals surface area (Å²) in [7, 11) is -1.82. The van der Waals surface area contributed by atoms with Crippen LogP contribution < -0.4 is 4.74 Å². The Hall–Kier alpha value is -2.34. The lowest BCUT2D eigenvalue weighted by molar-refractivity contribution is 0.0770. The average Bonchev–Trinajstić information content (AvgIpc) is 2.61. The highest BCUT2D eigenvalue weighted by Gasteiger charge is 2.22. The van der Waals surface area contributed by atoms with E-state index in [1.54, 1.807) is 32.2 Å². The largest absolute Gasteiger partial charge is 0.492 e. The first-order chi connectivity index (χ1) is 11.8. The number of benzene rings is 2. The fraction of sp³-hybridized carbons (Fsp3) is 0.316. The van der Waals surface area contributed by atoms with Gasteiger partial charge in [0.2, 0.25) is 0 Å². The van der Waals surface area contributed by atoms with Crippen LogP contribution in [0.3, 0.4) is 0 Å². The van der Waals surface area contributed by atoms with Gasteiger partial charge in [-0.05, 0) is 36.8 Å². The standard InChI is InChI=1S/C19H23NO4S/c1-4-25(22,23)18-11-6-5-10-17(18)19(21)20(3)12-13-24-16-9-7-8-15(2)14-16/h5-11,14H,4,12-13H2,1-3H3. The van der Waals surface area contributed by atoms with Crippen molar-refractivity contribution in [2.24, 2.45) is 0 Å². The molecule has 0 fully saturated rings. The Morgan fingerprint density at radius 2 is 1.84 bits per heavy atom. The van der Waals surface area contributed by atoms with E-state index in [1.165, 1.54) is 11.0 Å². The monoisotopic (exact) mass is 361 g/mol. The van der Waals surface area contributed by atoms with E-state index in [-0.39, 0.29) is 22.1 Å². The molecule has 0 saturated heterocycles. The Morgan fingerprint density at radius 1 is 1.12 bits per heavy atom. The zero-order chi connectivity index (χ0) is 18.4. The Balaban J connectivity index is 2.06. The van der Waals surface area contributed by atoms with E-state index in [1.807, 2.05) is 31.2 Å². The summed E-state index contributed by atoms with van der Waals surface area (Å²) in [6, 6.07) is 14.0. The maximum atomic E-state index is 12.6. The van der Waals surface area contributed by atoms with Crippen molar-refractivity contribution in [2.45, 2.75) is 18.7 Å². The lowest BCUT2D eigenvalue weighted by atomic mass is 10.2. The molecule has 0 unspecified atom stereocenters. The second-order valence-corrected chi connectivity index (χ2v) is 8.04. The number of ether oxygens (including phenoxy) is 1. The molecule has 0 bridgehead atoms. The molecule has 0 saturated carbocycles. The zero-order valence-corrected chi connectivity index (χ0v) is 15.5. The summed E-state index contributed by atoms with van der Waals surface area (Å²) >= 11 is 0. The molecule has 5 nitrogen and oxygen atoms in total. The number of likely N-dealkylation sites (N-methyl/N-ethyl adjacent to an activating group) is 1. The third kappa shape index (κ3) is 4.82. The molecular formula is C19H23NO4S. The second-order valence-electron chi connectivity index (χ2n) is 5.79. The van der Waals surface area contributed by atoms with Crippen LogP contribution in [0.15, 0.2) is 53.4 Å². The molecule has 0 aliphatic carbocycles. The van der Waals surface area contributed by atoms with Crippen LogP contribution >= 0.6 is 0 Å². The maximum absolute atomic E-state index is 12.6. The van der Waals surface area contributed by atoms with E-state index in [2.05, 4.69) is 0 Å². The van der Waals surface area contributed by atoms with Crippen molar-refractivity contribution in [1.29, 1.82) is 0 Å². The molecule has 2 aromatic carbocycles. The molecule has 0 aliphatic rings. The highest BCUT2D eigenvalue weighted by atomic mass is 32.2. The smallest absolute Gasteiger partial charge is 0.255 e. The van der Waals surface area contributed by atoms with Gasteiger partial charge in [-0.25, -0.2) is 8.42 Å². The van der Waals surface area contributed by atoms with Gasteiger partial charge < -0.3 is 9.64 Å². The molecule has 0 atom stereocenters. The van der Waals surface area contributed by atoms with Crippen LogP contribution in [0.1, 0.15) is 22.8 Å². The number of amides is 1. The van der Waals surface area contributed by atoms with Gasteiger partial charge in [-0.15, -0.1) is 0 Å². The Kier molecular flexibility index (Phi) is 6.20. The summed E-state index contributed by atoms with van der Waals surface area (Å²) in [4.78, 5) is 14.2. The van der Waals surface area contributed by atoms with Crippen LogP contribution in [0.25, 0.3) is 0 Å². The quantitative estimate of drug-likeness (QED) is 0.761. The van der Waals surface area contributed by atoms with Crippen LogP contribution in [0.4, 0.5) is 0 Å². The number of nitrogens with zero attached hydrogens (tertiary/aromatic N) is 1. The molecule has 2 aromatic rings. The number of carbonyl (C=O) groups excluding carboxylic acids is 1.